The van der Waals surface area contributed by atoms with Crippen LogP contribution >= 0.6 is 0 Å². The highest BCUT2D eigenvalue weighted by Crippen LogP contribution is 2.22. The molecule has 3 heteroatoms. The molecule has 2 aromatic carbocycles. The van der Waals surface area contributed by atoms with E-state index < -0.39 is 0 Å². The Morgan fingerprint density at radius 1 is 1.24 bits per heavy atom. The van der Waals surface area contributed by atoms with Gasteiger partial charge in [-0.2, -0.15) is 0 Å². The van der Waals surface area contributed by atoms with Crippen LogP contribution in [0.25, 0.3) is 0 Å². The predicted octanol–water partition coefficient (Wildman–Crippen LogP) is 3.31. The Balaban J connectivity index is 1.86. The van der Waals surface area contributed by atoms with Crippen molar-refractivity contribution in [2.75, 3.05) is 13.2 Å². The van der Waals surface area contributed by atoms with Gasteiger partial charge in [0.15, 0.2) is 5.78 Å². The SMILES string of the molecule is Cc1cc(OCC2CO2)cc(C(=O)c2ccccc2C)c1. The Kier molecular flexibility index (Phi) is 3.76. The average Bonchev–Trinajstić information content (AvgIpc) is 3.28. The van der Waals surface area contributed by atoms with Gasteiger partial charge in [0.25, 0.3) is 0 Å². The summed E-state index contributed by atoms with van der Waals surface area (Å²) in [7, 11) is 0. The molecular weight excluding hydrogens is 264 g/mol. The number of ketones is 1. The van der Waals surface area contributed by atoms with Gasteiger partial charge in [0.05, 0.1) is 6.61 Å². The van der Waals surface area contributed by atoms with E-state index in [9.17, 15) is 4.79 Å². The Morgan fingerprint density at radius 2 is 2.00 bits per heavy atom. The van der Waals surface area contributed by atoms with Crippen molar-refractivity contribution in [3.05, 3.63) is 64.7 Å². The fourth-order valence-corrected chi connectivity index (χ4v) is 2.30. The molecule has 1 atom stereocenters. The summed E-state index contributed by atoms with van der Waals surface area (Å²) in [4.78, 5) is 12.6. The van der Waals surface area contributed by atoms with Gasteiger partial charge in [-0.25, -0.2) is 0 Å². The topological polar surface area (TPSA) is 38.8 Å². The number of epoxide rings is 1. The Bertz CT molecular complexity index is 672. The first-order valence-corrected chi connectivity index (χ1v) is 7.10. The number of hydrogen-bond donors (Lipinski definition) is 0. The average molecular weight is 282 g/mol. The minimum Gasteiger partial charge on any atom is -0.491 e. The van der Waals surface area contributed by atoms with Crippen molar-refractivity contribution in [1.82, 2.24) is 0 Å². The van der Waals surface area contributed by atoms with Crippen LogP contribution in [0.4, 0.5) is 0 Å². The van der Waals surface area contributed by atoms with Crippen LogP contribution < -0.4 is 4.74 Å². The molecule has 21 heavy (non-hydrogen) atoms. The molecule has 0 N–H and O–H groups in total. The zero-order valence-corrected chi connectivity index (χ0v) is 12.3. The number of rotatable bonds is 5. The van der Waals surface area contributed by atoms with Gasteiger partial charge in [-0.3, -0.25) is 4.79 Å². The molecule has 3 nitrogen and oxygen atoms in total. The normalized spacial score (nSPS) is 16.6. The Labute approximate surface area is 124 Å². The van der Waals surface area contributed by atoms with Crippen LogP contribution in [-0.4, -0.2) is 25.1 Å². The molecule has 0 radical (unpaired) electrons. The standard InChI is InChI=1S/C18H18O3/c1-12-7-14(9-15(8-12)20-10-16-11-21-16)18(19)17-6-4-3-5-13(17)2/h3-9,16H,10-11H2,1-2H3. The van der Waals surface area contributed by atoms with E-state index in [0.29, 0.717) is 12.2 Å². The van der Waals surface area contributed by atoms with Crippen molar-refractivity contribution < 1.29 is 14.3 Å². The van der Waals surface area contributed by atoms with Crippen molar-refractivity contribution in [1.29, 1.82) is 0 Å². The van der Waals surface area contributed by atoms with Gasteiger partial charge >= 0.3 is 0 Å². The molecule has 2 aromatic rings. The van der Waals surface area contributed by atoms with Crippen molar-refractivity contribution in [3.63, 3.8) is 0 Å². The summed E-state index contributed by atoms with van der Waals surface area (Å²) in [6.45, 7) is 5.22. The Morgan fingerprint density at radius 3 is 2.71 bits per heavy atom. The van der Waals surface area contributed by atoms with Gasteiger partial charge in [-0.1, -0.05) is 24.3 Å². The highest BCUT2D eigenvalue weighted by atomic mass is 16.6. The number of ether oxygens (including phenoxy) is 2. The molecule has 3 rings (SSSR count). The summed E-state index contributed by atoms with van der Waals surface area (Å²) in [5.74, 6) is 0.756. The molecule has 1 fully saturated rings. The first kappa shape index (κ1) is 13.8. The lowest BCUT2D eigenvalue weighted by Gasteiger charge is -2.09. The van der Waals surface area contributed by atoms with E-state index in [4.69, 9.17) is 9.47 Å². The van der Waals surface area contributed by atoms with Crippen LogP contribution in [0.3, 0.4) is 0 Å². The predicted molar refractivity (Wildman–Crippen MR) is 81.0 cm³/mol. The quantitative estimate of drug-likeness (QED) is 0.624. The zero-order valence-electron chi connectivity index (χ0n) is 12.3. The monoisotopic (exact) mass is 282 g/mol. The number of carbonyl (C=O) groups is 1. The molecule has 1 heterocycles. The van der Waals surface area contributed by atoms with Gasteiger partial charge in [0.2, 0.25) is 0 Å². The first-order valence-electron chi connectivity index (χ1n) is 7.10. The summed E-state index contributed by atoms with van der Waals surface area (Å²) >= 11 is 0. The molecule has 108 valence electrons. The minimum atomic E-state index is 0.0318. The smallest absolute Gasteiger partial charge is 0.193 e. The maximum Gasteiger partial charge on any atom is 0.193 e. The second-order valence-electron chi connectivity index (χ2n) is 5.45. The number of carbonyl (C=O) groups excluding carboxylic acids is 1. The summed E-state index contributed by atoms with van der Waals surface area (Å²) in [5, 5.41) is 0. The van der Waals surface area contributed by atoms with Gasteiger partial charge in [0.1, 0.15) is 18.5 Å². The van der Waals surface area contributed by atoms with Gasteiger partial charge in [0, 0.05) is 11.1 Å². The summed E-state index contributed by atoms with van der Waals surface area (Å²) in [6.07, 6.45) is 0.209. The van der Waals surface area contributed by atoms with Crippen LogP contribution in [0, 0.1) is 13.8 Å². The van der Waals surface area contributed by atoms with E-state index in [1.807, 2.05) is 56.3 Å². The largest absolute Gasteiger partial charge is 0.491 e. The molecule has 0 aliphatic carbocycles. The lowest BCUT2D eigenvalue weighted by atomic mass is 9.98. The third-order valence-electron chi connectivity index (χ3n) is 3.54. The second kappa shape index (κ2) is 5.70. The van der Waals surface area contributed by atoms with Crippen molar-refractivity contribution >= 4 is 5.78 Å². The molecular formula is C18H18O3. The van der Waals surface area contributed by atoms with Crippen molar-refractivity contribution in [3.8, 4) is 5.75 Å². The molecule has 1 unspecified atom stereocenters. The van der Waals surface area contributed by atoms with Crippen LogP contribution in [0.15, 0.2) is 42.5 Å². The molecule has 0 saturated carbocycles. The van der Waals surface area contributed by atoms with Crippen LogP contribution in [0.2, 0.25) is 0 Å². The van der Waals surface area contributed by atoms with Crippen LogP contribution in [0.1, 0.15) is 27.0 Å². The van der Waals surface area contributed by atoms with Crippen LogP contribution in [0.5, 0.6) is 5.75 Å². The fraction of sp³-hybridized carbons (Fsp3) is 0.278. The highest BCUT2D eigenvalue weighted by Gasteiger charge is 2.23. The number of benzene rings is 2. The lowest BCUT2D eigenvalue weighted by molar-refractivity contribution is 0.103. The molecule has 1 aliphatic rings. The third kappa shape index (κ3) is 3.31. The van der Waals surface area contributed by atoms with E-state index >= 15 is 0 Å². The molecule has 0 amide bonds. The maximum atomic E-state index is 12.6. The van der Waals surface area contributed by atoms with Gasteiger partial charge in [-0.15, -0.1) is 0 Å². The fourth-order valence-electron chi connectivity index (χ4n) is 2.30. The lowest BCUT2D eigenvalue weighted by Crippen LogP contribution is -2.07. The summed E-state index contributed by atoms with van der Waals surface area (Å²) in [5.41, 5.74) is 3.40. The molecule has 1 saturated heterocycles. The molecule has 0 aromatic heterocycles. The summed E-state index contributed by atoms with van der Waals surface area (Å²) < 4.78 is 10.8. The minimum absolute atomic E-state index is 0.0318. The number of aryl methyl sites for hydroxylation is 2. The summed E-state index contributed by atoms with van der Waals surface area (Å²) in [6, 6.07) is 13.3. The maximum absolute atomic E-state index is 12.6. The van der Waals surface area contributed by atoms with E-state index in [1.54, 1.807) is 0 Å². The number of hydrogen-bond acceptors (Lipinski definition) is 3. The van der Waals surface area contributed by atoms with E-state index in [1.165, 1.54) is 0 Å². The van der Waals surface area contributed by atoms with Crippen molar-refractivity contribution in [2.45, 2.75) is 20.0 Å². The second-order valence-corrected chi connectivity index (χ2v) is 5.45. The highest BCUT2D eigenvalue weighted by molar-refractivity contribution is 6.10. The third-order valence-corrected chi connectivity index (χ3v) is 3.54. The molecule has 0 bridgehead atoms. The van der Waals surface area contributed by atoms with E-state index in [2.05, 4.69) is 0 Å². The zero-order chi connectivity index (χ0) is 14.8. The van der Waals surface area contributed by atoms with Crippen LogP contribution in [-0.2, 0) is 4.74 Å². The Hall–Kier alpha value is -2.13. The van der Waals surface area contributed by atoms with E-state index in [0.717, 1.165) is 29.0 Å². The first-order chi connectivity index (χ1) is 10.1. The molecule has 1 aliphatic heterocycles. The molecule has 0 spiro atoms. The van der Waals surface area contributed by atoms with E-state index in [-0.39, 0.29) is 11.9 Å². The van der Waals surface area contributed by atoms with Gasteiger partial charge in [-0.05, 0) is 43.2 Å². The van der Waals surface area contributed by atoms with Gasteiger partial charge < -0.3 is 9.47 Å². The van der Waals surface area contributed by atoms with Crippen molar-refractivity contribution in [2.24, 2.45) is 0 Å².